The predicted molar refractivity (Wildman–Crippen MR) is 115 cm³/mol. The van der Waals surface area contributed by atoms with E-state index < -0.39 is 5.91 Å². The summed E-state index contributed by atoms with van der Waals surface area (Å²) in [6, 6.07) is 19.5. The molecule has 0 unspecified atom stereocenters. The lowest BCUT2D eigenvalue weighted by molar-refractivity contribution is 0.101. The molecule has 6 heteroatoms. The van der Waals surface area contributed by atoms with Gasteiger partial charge in [-0.1, -0.05) is 41.5 Å². The summed E-state index contributed by atoms with van der Waals surface area (Å²) in [5, 5.41) is 7.31. The van der Waals surface area contributed by atoms with Crippen LogP contribution in [0.3, 0.4) is 0 Å². The van der Waals surface area contributed by atoms with Crippen molar-refractivity contribution in [2.75, 3.05) is 5.32 Å². The molecule has 0 radical (unpaired) electrons. The molecule has 0 atom stereocenters. The number of benzene rings is 3. The summed E-state index contributed by atoms with van der Waals surface area (Å²) >= 11 is 0. The number of hydrogen-bond donors (Lipinski definition) is 1. The molecule has 5 nitrogen and oxygen atoms in total. The number of anilines is 1. The van der Waals surface area contributed by atoms with Crippen LogP contribution in [-0.4, -0.2) is 20.7 Å². The Labute approximate surface area is 174 Å². The van der Waals surface area contributed by atoms with Crippen LogP contribution in [0.1, 0.15) is 27.3 Å². The van der Waals surface area contributed by atoms with Gasteiger partial charge < -0.3 is 5.32 Å². The molecule has 4 aromatic rings. The number of halogens is 1. The van der Waals surface area contributed by atoms with E-state index in [0.717, 1.165) is 22.3 Å². The van der Waals surface area contributed by atoms with Gasteiger partial charge in [0.05, 0.1) is 5.69 Å². The minimum atomic E-state index is -0.406. The van der Waals surface area contributed by atoms with E-state index in [-0.39, 0.29) is 11.6 Å². The van der Waals surface area contributed by atoms with Crippen molar-refractivity contribution in [2.45, 2.75) is 20.8 Å². The molecule has 0 saturated heterocycles. The van der Waals surface area contributed by atoms with Crippen molar-refractivity contribution in [3.05, 3.63) is 95.1 Å². The number of aromatic nitrogens is 3. The summed E-state index contributed by atoms with van der Waals surface area (Å²) in [6.07, 6.45) is 0. The van der Waals surface area contributed by atoms with E-state index in [1.807, 2.05) is 63.2 Å². The minimum absolute atomic E-state index is 0.0378. The fraction of sp³-hybridized carbons (Fsp3) is 0.125. The Morgan fingerprint density at radius 2 is 1.67 bits per heavy atom. The first-order valence-corrected chi connectivity index (χ1v) is 9.59. The molecule has 0 bridgehead atoms. The van der Waals surface area contributed by atoms with Crippen molar-refractivity contribution in [3.63, 3.8) is 0 Å². The maximum absolute atomic E-state index is 13.4. The highest BCUT2D eigenvalue weighted by Crippen LogP contribution is 2.23. The van der Waals surface area contributed by atoms with Gasteiger partial charge in [0.2, 0.25) is 5.82 Å². The van der Waals surface area contributed by atoms with Crippen LogP contribution in [0, 0.1) is 26.6 Å². The van der Waals surface area contributed by atoms with Crippen molar-refractivity contribution in [1.29, 1.82) is 0 Å². The van der Waals surface area contributed by atoms with Crippen LogP contribution in [0.2, 0.25) is 0 Å². The third kappa shape index (κ3) is 3.98. The van der Waals surface area contributed by atoms with Crippen molar-refractivity contribution in [1.82, 2.24) is 14.8 Å². The molecule has 0 fully saturated rings. The Kier molecular flexibility index (Phi) is 5.14. The van der Waals surface area contributed by atoms with Crippen molar-refractivity contribution < 1.29 is 9.18 Å². The fourth-order valence-corrected chi connectivity index (χ4v) is 3.27. The first-order valence-electron chi connectivity index (χ1n) is 9.59. The molecule has 1 heterocycles. The fourth-order valence-electron chi connectivity index (χ4n) is 3.27. The first kappa shape index (κ1) is 19.5. The molecule has 30 heavy (non-hydrogen) atoms. The first-order chi connectivity index (χ1) is 14.4. The molecule has 1 aromatic heterocycles. The lowest BCUT2D eigenvalue weighted by Crippen LogP contribution is -2.15. The number of carbonyl (C=O) groups excluding carboxylic acids is 1. The summed E-state index contributed by atoms with van der Waals surface area (Å²) in [4.78, 5) is 17.4. The number of nitrogens with zero attached hydrogens (tertiary/aromatic N) is 3. The second-order valence-corrected chi connectivity index (χ2v) is 7.29. The largest absolute Gasteiger partial charge is 0.319 e. The van der Waals surface area contributed by atoms with E-state index in [4.69, 9.17) is 0 Å². The highest BCUT2D eigenvalue weighted by Gasteiger charge is 2.19. The average molecular weight is 400 g/mol. The van der Waals surface area contributed by atoms with Gasteiger partial charge in [0.1, 0.15) is 5.82 Å². The molecule has 0 aliphatic rings. The number of aryl methyl sites for hydroxylation is 3. The van der Waals surface area contributed by atoms with Crippen LogP contribution in [0.15, 0.2) is 66.7 Å². The standard InChI is InChI=1S/C24H21FN4O/c1-15-5-4-6-18(14-15)23-27-22(28-29(23)20-10-8-19(25)9-11-20)24(30)26-21-12-7-16(2)13-17(21)3/h4-14H,1-3H3,(H,26,30). The van der Waals surface area contributed by atoms with E-state index in [2.05, 4.69) is 15.4 Å². The van der Waals surface area contributed by atoms with Gasteiger partial charge in [0, 0.05) is 11.3 Å². The molecule has 0 saturated carbocycles. The maximum Gasteiger partial charge on any atom is 0.295 e. The third-order valence-electron chi connectivity index (χ3n) is 4.79. The van der Waals surface area contributed by atoms with Gasteiger partial charge in [-0.2, -0.15) is 0 Å². The second-order valence-electron chi connectivity index (χ2n) is 7.29. The maximum atomic E-state index is 13.4. The summed E-state index contributed by atoms with van der Waals surface area (Å²) < 4.78 is 15.0. The summed E-state index contributed by atoms with van der Waals surface area (Å²) in [5.41, 5.74) is 5.28. The van der Waals surface area contributed by atoms with Gasteiger partial charge in [-0.25, -0.2) is 14.1 Å². The number of rotatable bonds is 4. The van der Waals surface area contributed by atoms with Crippen molar-refractivity contribution in [3.8, 4) is 17.1 Å². The zero-order chi connectivity index (χ0) is 21.3. The Morgan fingerprint density at radius 1 is 0.933 bits per heavy atom. The number of carbonyl (C=O) groups is 1. The number of amides is 1. The van der Waals surface area contributed by atoms with Crippen LogP contribution in [-0.2, 0) is 0 Å². The zero-order valence-corrected chi connectivity index (χ0v) is 17.0. The monoisotopic (exact) mass is 400 g/mol. The van der Waals surface area contributed by atoms with Gasteiger partial charge in [-0.15, -0.1) is 5.10 Å². The zero-order valence-electron chi connectivity index (χ0n) is 17.0. The molecular weight excluding hydrogens is 379 g/mol. The van der Waals surface area contributed by atoms with E-state index >= 15 is 0 Å². The molecule has 3 aromatic carbocycles. The highest BCUT2D eigenvalue weighted by molar-refractivity contribution is 6.02. The lowest BCUT2D eigenvalue weighted by Gasteiger charge is -2.07. The summed E-state index contributed by atoms with van der Waals surface area (Å²) in [5.74, 6) is -0.201. The lowest BCUT2D eigenvalue weighted by atomic mass is 10.1. The normalized spacial score (nSPS) is 10.8. The Morgan fingerprint density at radius 3 is 2.37 bits per heavy atom. The number of nitrogens with one attached hydrogen (secondary N) is 1. The van der Waals surface area contributed by atoms with E-state index in [1.54, 1.807) is 16.8 Å². The van der Waals surface area contributed by atoms with Crippen molar-refractivity contribution in [2.24, 2.45) is 0 Å². The van der Waals surface area contributed by atoms with E-state index in [1.165, 1.54) is 12.1 Å². The Balaban J connectivity index is 1.76. The van der Waals surface area contributed by atoms with Gasteiger partial charge in [-0.3, -0.25) is 4.79 Å². The average Bonchev–Trinajstić information content (AvgIpc) is 3.16. The molecule has 1 amide bonds. The van der Waals surface area contributed by atoms with Gasteiger partial charge in [0.15, 0.2) is 5.82 Å². The van der Waals surface area contributed by atoms with Gasteiger partial charge >= 0.3 is 0 Å². The molecular formula is C24H21FN4O. The van der Waals surface area contributed by atoms with Gasteiger partial charge in [0.25, 0.3) is 5.91 Å². The summed E-state index contributed by atoms with van der Waals surface area (Å²) in [7, 11) is 0. The quantitative estimate of drug-likeness (QED) is 0.509. The Bertz CT molecular complexity index is 1230. The SMILES string of the molecule is Cc1cccc(-c2nc(C(=O)Nc3ccc(C)cc3C)nn2-c2ccc(F)cc2)c1. The third-order valence-corrected chi connectivity index (χ3v) is 4.79. The van der Waals surface area contributed by atoms with E-state index in [9.17, 15) is 9.18 Å². The molecule has 0 aliphatic heterocycles. The molecule has 0 aliphatic carbocycles. The topological polar surface area (TPSA) is 59.8 Å². The predicted octanol–water partition coefficient (Wildman–Crippen LogP) is 5.25. The highest BCUT2D eigenvalue weighted by atomic mass is 19.1. The summed E-state index contributed by atoms with van der Waals surface area (Å²) in [6.45, 7) is 5.92. The Hall–Kier alpha value is -3.80. The number of hydrogen-bond acceptors (Lipinski definition) is 3. The van der Waals surface area contributed by atoms with Crippen LogP contribution in [0.25, 0.3) is 17.1 Å². The van der Waals surface area contributed by atoms with E-state index in [0.29, 0.717) is 17.2 Å². The van der Waals surface area contributed by atoms with Gasteiger partial charge in [-0.05, 0) is 62.7 Å². The smallest absolute Gasteiger partial charge is 0.295 e. The molecule has 4 rings (SSSR count). The molecule has 150 valence electrons. The van der Waals surface area contributed by atoms with Crippen molar-refractivity contribution >= 4 is 11.6 Å². The van der Waals surface area contributed by atoms with Crippen LogP contribution < -0.4 is 5.32 Å². The molecule has 0 spiro atoms. The van der Waals surface area contributed by atoms with Crippen LogP contribution in [0.4, 0.5) is 10.1 Å². The minimum Gasteiger partial charge on any atom is -0.319 e. The second kappa shape index (κ2) is 7.91. The van der Waals surface area contributed by atoms with Crippen LogP contribution >= 0.6 is 0 Å². The molecule has 1 N–H and O–H groups in total. The van der Waals surface area contributed by atoms with Crippen LogP contribution in [0.5, 0.6) is 0 Å².